The normalized spacial score (nSPS) is 37.7. The molecule has 3 saturated heterocycles. The van der Waals surface area contributed by atoms with Crippen LogP contribution in [0.25, 0.3) is 22.3 Å². The second-order valence-electron chi connectivity index (χ2n) is 10.2. The molecule has 3 fully saturated rings. The largest absolute Gasteiger partial charge is 0.472 e. The van der Waals surface area contributed by atoms with E-state index in [-0.39, 0.29) is 34.0 Å². The van der Waals surface area contributed by atoms with Gasteiger partial charge in [-0.15, -0.1) is 0 Å². The molecule has 0 spiro atoms. The predicted octanol–water partition coefficient (Wildman–Crippen LogP) is -0.759. The number of hydrogen-bond donors (Lipinski definition) is 6. The van der Waals surface area contributed by atoms with E-state index >= 15 is 4.39 Å². The molecule has 0 saturated carbocycles. The second kappa shape index (κ2) is 10.9. The molecule has 45 heavy (non-hydrogen) atoms. The maximum atomic E-state index is 15.8. The SMILES string of the molecule is Nc1nc2c(ncn2[C@@H]2O[C@@H]3COP(=O)(O)O[C@@H]4[C@H](F)[C@@H](COP(=O)(O)O[C@@H]2[C@@H]3O)O[C@H]4n2cnc3c(N)ccnc32)c(=O)[nH]1. The molecule has 24 heteroatoms. The Hall–Kier alpha value is -3.40. The summed E-state index contributed by atoms with van der Waals surface area (Å²) in [5.41, 5.74) is 11.1. The van der Waals surface area contributed by atoms with Crippen molar-refractivity contribution in [3.05, 3.63) is 35.3 Å². The van der Waals surface area contributed by atoms with Crippen LogP contribution in [0.1, 0.15) is 12.5 Å². The Morgan fingerprint density at radius 3 is 2.24 bits per heavy atom. The van der Waals surface area contributed by atoms with Gasteiger partial charge in [0.25, 0.3) is 5.56 Å². The van der Waals surface area contributed by atoms with Crippen LogP contribution in [0, 0.1) is 0 Å². The molecule has 7 heterocycles. The van der Waals surface area contributed by atoms with Crippen molar-refractivity contribution in [3.63, 3.8) is 0 Å². The number of nitrogen functional groups attached to an aromatic ring is 2. The second-order valence-corrected chi connectivity index (χ2v) is 13.0. The quantitative estimate of drug-likeness (QED) is 0.142. The van der Waals surface area contributed by atoms with Gasteiger partial charge in [-0.1, -0.05) is 0 Å². The van der Waals surface area contributed by atoms with Gasteiger partial charge in [0.05, 0.1) is 31.6 Å². The van der Waals surface area contributed by atoms with Crippen LogP contribution in [0.4, 0.5) is 16.0 Å². The molecule has 8 N–H and O–H groups in total. The van der Waals surface area contributed by atoms with E-state index in [1.54, 1.807) is 0 Å². The molecule has 3 aliphatic heterocycles. The monoisotopic (exact) mass is 675 g/mol. The van der Waals surface area contributed by atoms with Crippen LogP contribution in [0.3, 0.4) is 0 Å². The Kier molecular flexibility index (Phi) is 7.30. The molecule has 7 rings (SSSR count). The highest BCUT2D eigenvalue weighted by Crippen LogP contribution is 2.54. The van der Waals surface area contributed by atoms with Crippen molar-refractivity contribution in [2.45, 2.75) is 49.1 Å². The number of aliphatic hydroxyl groups excluding tert-OH is 1. The van der Waals surface area contributed by atoms with Gasteiger partial charge in [-0.25, -0.2) is 28.5 Å². The lowest BCUT2D eigenvalue weighted by atomic mass is 10.1. The van der Waals surface area contributed by atoms with E-state index in [9.17, 15) is 28.8 Å². The molecule has 0 radical (unpaired) electrons. The van der Waals surface area contributed by atoms with Crippen LogP contribution in [0.2, 0.25) is 0 Å². The molecular formula is C21H24FN9O12P2. The fraction of sp³-hybridized carbons (Fsp3) is 0.476. The van der Waals surface area contributed by atoms with Crippen LogP contribution < -0.4 is 17.0 Å². The standard InChI is InChI=1S/C21H24FN9O12P2/c22-10-8-3-38-45(36,37)43-15-13(32)9(41-20(15)31-6-27-12-17(31)28-21(24)29-18(12)33)4-39-44(34,35)42-14(10)19(40-8)30-5-26-11-7(23)1-2-25-16(11)30/h1-2,5-6,8-10,13-15,19-20,32H,3-4H2,(H2,23,25)(H,34,35)(H,36,37)(H3,24,28,29,33)/t8-,9-,10-,13-,14-,15-,19-,20-/m1/s1. The molecule has 4 bridgehead atoms. The predicted molar refractivity (Wildman–Crippen MR) is 145 cm³/mol. The molecule has 2 unspecified atom stereocenters. The number of nitrogens with zero attached hydrogens (tertiary/aromatic N) is 6. The molecule has 10 atom stereocenters. The maximum Gasteiger partial charge on any atom is 0.472 e. The number of aromatic amines is 1. The summed E-state index contributed by atoms with van der Waals surface area (Å²) in [6, 6.07) is 1.48. The number of aliphatic hydroxyl groups is 1. The van der Waals surface area contributed by atoms with Crippen LogP contribution in [0.5, 0.6) is 0 Å². The zero-order valence-corrected chi connectivity index (χ0v) is 24.3. The minimum absolute atomic E-state index is 0.121. The zero-order chi connectivity index (χ0) is 31.8. The summed E-state index contributed by atoms with van der Waals surface area (Å²) in [6.45, 7) is -1.79. The first-order chi connectivity index (χ1) is 21.3. The number of H-pyrrole nitrogens is 1. The highest BCUT2D eigenvalue weighted by molar-refractivity contribution is 7.47. The summed E-state index contributed by atoms with van der Waals surface area (Å²) in [7, 11) is -10.3. The third-order valence-electron chi connectivity index (χ3n) is 7.38. The van der Waals surface area contributed by atoms with Crippen LogP contribution in [-0.2, 0) is 36.7 Å². The number of nitrogens with two attached hydrogens (primary N) is 2. The average molecular weight is 675 g/mol. The highest BCUT2D eigenvalue weighted by Gasteiger charge is 2.54. The van der Waals surface area contributed by atoms with E-state index < -0.39 is 83.6 Å². The van der Waals surface area contributed by atoms with Gasteiger partial charge in [0, 0.05) is 6.20 Å². The molecule has 0 aliphatic carbocycles. The van der Waals surface area contributed by atoms with Gasteiger partial charge in [-0.05, 0) is 6.07 Å². The van der Waals surface area contributed by atoms with E-state index in [2.05, 4.69) is 24.9 Å². The van der Waals surface area contributed by atoms with E-state index in [1.165, 1.54) is 23.2 Å². The van der Waals surface area contributed by atoms with Gasteiger partial charge in [-0.2, -0.15) is 4.98 Å². The lowest BCUT2D eigenvalue weighted by Gasteiger charge is -2.25. The number of hydrogen-bond acceptors (Lipinski definition) is 16. The van der Waals surface area contributed by atoms with Crippen molar-refractivity contribution in [3.8, 4) is 0 Å². The van der Waals surface area contributed by atoms with Gasteiger partial charge < -0.3 is 35.8 Å². The number of aromatic nitrogens is 7. The van der Waals surface area contributed by atoms with Gasteiger partial charge >= 0.3 is 15.6 Å². The fourth-order valence-corrected chi connectivity index (χ4v) is 7.19. The van der Waals surface area contributed by atoms with Crippen LogP contribution in [-0.4, -0.2) is 98.9 Å². The number of imidazole rings is 2. The summed E-state index contributed by atoms with van der Waals surface area (Å²) in [6.07, 6.45) is -10.2. The zero-order valence-electron chi connectivity index (χ0n) is 22.5. The number of pyridine rings is 1. The van der Waals surface area contributed by atoms with Crippen molar-refractivity contribution < 1.29 is 56.0 Å². The summed E-state index contributed by atoms with van der Waals surface area (Å²) in [5.74, 6) is -0.296. The number of rotatable bonds is 2. The molecule has 0 aromatic carbocycles. The number of phosphoric acid groups is 2. The van der Waals surface area contributed by atoms with Crippen molar-refractivity contribution in [2.75, 3.05) is 24.7 Å². The lowest BCUT2D eigenvalue weighted by molar-refractivity contribution is -0.0674. The van der Waals surface area contributed by atoms with E-state index in [0.29, 0.717) is 0 Å². The Balaban J connectivity index is 1.23. The van der Waals surface area contributed by atoms with Crippen LogP contribution in [0.15, 0.2) is 29.7 Å². The summed E-state index contributed by atoms with van der Waals surface area (Å²) in [5, 5.41) is 11.0. The number of phosphoric ester groups is 2. The molecule has 4 aromatic rings. The number of halogens is 1. The number of fused-ring (bicyclic) bond motifs is 6. The molecule has 0 amide bonds. The maximum absolute atomic E-state index is 15.8. The fourth-order valence-electron chi connectivity index (χ4n) is 5.33. The average Bonchev–Trinajstić information content (AvgIpc) is 3.72. The van der Waals surface area contributed by atoms with Gasteiger partial charge in [-0.3, -0.25) is 37.0 Å². The van der Waals surface area contributed by atoms with Gasteiger partial charge in [0.15, 0.2) is 35.4 Å². The van der Waals surface area contributed by atoms with Gasteiger partial charge in [0.2, 0.25) is 5.95 Å². The molecule has 3 aliphatic rings. The number of alkyl halides is 1. The smallest absolute Gasteiger partial charge is 0.397 e. The molecule has 4 aromatic heterocycles. The third-order valence-corrected chi connectivity index (χ3v) is 9.35. The Morgan fingerprint density at radius 2 is 1.51 bits per heavy atom. The van der Waals surface area contributed by atoms with Crippen molar-refractivity contribution in [1.29, 1.82) is 0 Å². The first-order valence-corrected chi connectivity index (χ1v) is 16.0. The lowest BCUT2D eigenvalue weighted by Crippen LogP contribution is -2.37. The molecule has 21 nitrogen and oxygen atoms in total. The molecular weight excluding hydrogens is 651 g/mol. The topological polar surface area (TPSA) is 297 Å². The van der Waals surface area contributed by atoms with Crippen molar-refractivity contribution in [1.82, 2.24) is 34.1 Å². The van der Waals surface area contributed by atoms with Crippen molar-refractivity contribution >= 4 is 49.6 Å². The van der Waals surface area contributed by atoms with Crippen LogP contribution >= 0.6 is 15.6 Å². The van der Waals surface area contributed by atoms with Gasteiger partial charge in [0.1, 0.15) is 36.0 Å². The number of ether oxygens (including phenoxy) is 2. The Labute approximate surface area is 249 Å². The van der Waals surface area contributed by atoms with E-state index in [1.807, 2.05) is 0 Å². The minimum Gasteiger partial charge on any atom is -0.397 e. The van der Waals surface area contributed by atoms with E-state index in [0.717, 1.165) is 10.9 Å². The van der Waals surface area contributed by atoms with Crippen molar-refractivity contribution in [2.24, 2.45) is 0 Å². The third kappa shape index (κ3) is 5.32. The summed E-state index contributed by atoms with van der Waals surface area (Å²) < 4.78 is 76.4. The summed E-state index contributed by atoms with van der Waals surface area (Å²) >= 11 is 0. The minimum atomic E-state index is -5.14. The molecule has 242 valence electrons. The summed E-state index contributed by atoms with van der Waals surface area (Å²) in [4.78, 5) is 52.0. The van der Waals surface area contributed by atoms with E-state index in [4.69, 9.17) is 39.0 Å². The highest BCUT2D eigenvalue weighted by atomic mass is 31.2. The Morgan fingerprint density at radius 1 is 0.911 bits per heavy atom. The first kappa shape index (κ1) is 30.3. The number of anilines is 2. The first-order valence-electron chi connectivity index (χ1n) is 13.1. The number of nitrogens with one attached hydrogen (secondary N) is 1. The Bertz CT molecular complexity index is 1940.